The molecule has 0 saturated carbocycles. The van der Waals surface area contributed by atoms with Crippen molar-refractivity contribution in [1.29, 1.82) is 0 Å². The summed E-state index contributed by atoms with van der Waals surface area (Å²) in [6.45, 7) is 5.00. The van der Waals surface area contributed by atoms with Crippen LogP contribution in [-0.4, -0.2) is 88.4 Å². The Bertz CT molecular complexity index is 1900. The molecule has 15 heteroatoms. The molecule has 0 radical (unpaired) electrons. The van der Waals surface area contributed by atoms with Crippen molar-refractivity contribution in [3.63, 3.8) is 0 Å². The summed E-state index contributed by atoms with van der Waals surface area (Å²) < 4.78 is -0.838. The van der Waals surface area contributed by atoms with Gasteiger partial charge in [0.25, 0.3) is 5.56 Å². The van der Waals surface area contributed by atoms with Crippen LogP contribution in [0.5, 0.6) is 5.75 Å². The number of nitrogens with zero attached hydrogens (tertiary/aromatic N) is 4. The van der Waals surface area contributed by atoms with Crippen LogP contribution in [-0.2, 0) is 30.5 Å². The highest BCUT2D eigenvalue weighted by atomic mass is 32.2. The monoisotopic (exact) mass is 688 g/mol. The second-order valence-corrected chi connectivity index (χ2v) is 14.6. The van der Waals surface area contributed by atoms with Crippen LogP contribution >= 0.6 is 11.8 Å². The van der Waals surface area contributed by atoms with Crippen LogP contribution < -0.4 is 16.3 Å². The minimum atomic E-state index is -1.24. The summed E-state index contributed by atoms with van der Waals surface area (Å²) in [5, 5.41) is 21.7. The van der Waals surface area contributed by atoms with Gasteiger partial charge in [0, 0.05) is 35.9 Å². The summed E-state index contributed by atoms with van der Waals surface area (Å²) in [7, 11) is 0. The number of H-pyrrole nitrogens is 1. The van der Waals surface area contributed by atoms with Gasteiger partial charge >= 0.3 is 5.97 Å². The number of carboxylic acid groups (broad SMARTS) is 1. The van der Waals surface area contributed by atoms with Gasteiger partial charge in [-0.15, -0.1) is 11.8 Å². The summed E-state index contributed by atoms with van der Waals surface area (Å²) in [6, 6.07) is 12.3. The number of aromatic nitrogens is 1. The molecule has 14 nitrogen and oxygen atoms in total. The molecule has 4 heterocycles. The van der Waals surface area contributed by atoms with E-state index >= 15 is 0 Å². The first kappa shape index (κ1) is 33.7. The number of pyridine rings is 1. The Balaban J connectivity index is 1.28. The molecular formula is C34H36N6O8S. The molecule has 1 unspecified atom stereocenters. The third-order valence-electron chi connectivity index (χ3n) is 9.13. The zero-order valence-corrected chi connectivity index (χ0v) is 27.8. The highest BCUT2D eigenvalue weighted by Gasteiger charge is 2.66. The number of carbonyl (C=O) groups is 5. The number of nitrogens with one attached hydrogen (secondary N) is 1. The molecule has 256 valence electrons. The fraction of sp³-hybridized carbons (Fsp3) is 0.353. The van der Waals surface area contributed by atoms with Crippen LogP contribution in [0.4, 0.5) is 5.69 Å². The molecule has 0 bridgehead atoms. The second-order valence-electron chi connectivity index (χ2n) is 12.8. The average molecular weight is 689 g/mol. The van der Waals surface area contributed by atoms with Gasteiger partial charge in [-0.25, -0.2) is 14.8 Å². The Morgan fingerprint density at radius 3 is 2.29 bits per heavy atom. The fourth-order valence-corrected chi connectivity index (χ4v) is 8.39. The van der Waals surface area contributed by atoms with Gasteiger partial charge in [0.2, 0.25) is 23.6 Å². The van der Waals surface area contributed by atoms with Gasteiger partial charge in [-0.2, -0.15) is 0 Å². The number of amides is 4. The lowest BCUT2D eigenvalue weighted by molar-refractivity contribution is -0.169. The molecule has 3 aliphatic heterocycles. The van der Waals surface area contributed by atoms with Crippen molar-refractivity contribution in [2.45, 2.75) is 68.4 Å². The van der Waals surface area contributed by atoms with Gasteiger partial charge in [-0.1, -0.05) is 24.3 Å². The molecule has 49 heavy (non-hydrogen) atoms. The normalized spacial score (nSPS) is 21.6. The zero-order chi connectivity index (χ0) is 35.4. The molecule has 4 amide bonds. The number of anilines is 1. The lowest BCUT2D eigenvalue weighted by Gasteiger charge is -2.48. The van der Waals surface area contributed by atoms with Gasteiger partial charge in [-0.05, 0) is 67.8 Å². The number of nitrogens with two attached hydrogens (primary N) is 1. The Kier molecular flexibility index (Phi) is 8.75. The van der Waals surface area contributed by atoms with Crippen LogP contribution in [0, 0.1) is 0 Å². The molecule has 3 saturated heterocycles. The van der Waals surface area contributed by atoms with Crippen LogP contribution in [0.3, 0.4) is 0 Å². The Morgan fingerprint density at radius 2 is 1.71 bits per heavy atom. The topological polar surface area (TPSA) is 198 Å². The Morgan fingerprint density at radius 1 is 1.04 bits per heavy atom. The maximum Gasteiger partial charge on any atom is 0.327 e. The number of benzene rings is 2. The number of fused-ring (bicyclic) bond motifs is 1. The van der Waals surface area contributed by atoms with E-state index in [4.69, 9.17) is 5.73 Å². The van der Waals surface area contributed by atoms with Gasteiger partial charge in [0.05, 0.1) is 12.2 Å². The van der Waals surface area contributed by atoms with Crippen LogP contribution in [0.25, 0.3) is 11.3 Å². The number of carboxylic acids is 1. The highest BCUT2D eigenvalue weighted by molar-refractivity contribution is 8.01. The SMILES string of the molecule is CC(=O)N(c1ccc(-c2ccc(CN(C(=O)C(N)c3ccc(O)cc3)[C@@H]3C(=O)N4[C@@H]3SC(C)(C)[C@@H]4C(=O)O)c(=O)[nH]2)cc1)N1CCCC1=O. The predicted molar refractivity (Wildman–Crippen MR) is 180 cm³/mol. The van der Waals surface area contributed by atoms with E-state index in [0.717, 1.165) is 0 Å². The Hall–Kier alpha value is -5.15. The number of aromatic hydroxyl groups is 1. The summed E-state index contributed by atoms with van der Waals surface area (Å²) >= 11 is 1.27. The molecule has 3 aliphatic rings. The number of phenolic OH excluding ortho intramolecular Hbond substituents is 1. The number of β-lactam (4-membered cyclic amide) rings is 1. The third kappa shape index (κ3) is 6.04. The van der Waals surface area contributed by atoms with E-state index in [1.54, 1.807) is 50.2 Å². The summed E-state index contributed by atoms with van der Waals surface area (Å²) in [6.07, 6.45) is 1.03. The smallest absolute Gasteiger partial charge is 0.327 e. The quantitative estimate of drug-likeness (QED) is 0.242. The van der Waals surface area contributed by atoms with E-state index in [9.17, 15) is 39.0 Å². The maximum absolute atomic E-state index is 14.0. The van der Waals surface area contributed by atoms with Crippen molar-refractivity contribution in [1.82, 2.24) is 19.8 Å². The lowest BCUT2D eigenvalue weighted by Crippen LogP contribution is -2.71. The molecule has 0 aliphatic carbocycles. The molecule has 4 atom stereocenters. The standard InChI is InChI=1S/C34H36N6O8S/c1-18(41)40(38-16-4-5-25(38)43)22-11-6-19(7-12-22)24-15-10-21(29(44)36-24)17-37(30(45)26(35)20-8-13-23(42)14-9-20)27-31(46)39-28(33(47)48)34(2,3)49-32(27)39/h6-15,26-28,32,42H,4-5,16-17,35H2,1-3H3,(H,36,44)(H,47,48)/t26?,27-,28+,32-/m1/s1. The van der Waals surface area contributed by atoms with Crippen molar-refractivity contribution in [2.24, 2.45) is 5.73 Å². The van der Waals surface area contributed by atoms with Gasteiger partial charge in [-0.3, -0.25) is 24.0 Å². The second kappa shape index (κ2) is 12.7. The van der Waals surface area contributed by atoms with Crippen molar-refractivity contribution in [3.05, 3.63) is 82.1 Å². The number of aromatic amines is 1. The van der Waals surface area contributed by atoms with Crippen molar-refractivity contribution >= 4 is 47.0 Å². The fourth-order valence-electron chi connectivity index (χ4n) is 6.69. The number of rotatable bonds is 9. The van der Waals surface area contributed by atoms with E-state index in [1.165, 1.54) is 62.8 Å². The Labute approximate surface area is 285 Å². The number of carbonyl (C=O) groups excluding carboxylic acids is 4. The average Bonchev–Trinajstić information content (AvgIpc) is 3.58. The number of hydrogen-bond donors (Lipinski definition) is 4. The molecule has 6 rings (SSSR count). The molecular weight excluding hydrogens is 652 g/mol. The van der Waals surface area contributed by atoms with E-state index < -0.39 is 51.6 Å². The molecule has 1 aromatic heterocycles. The highest BCUT2D eigenvalue weighted by Crippen LogP contribution is 2.52. The van der Waals surface area contributed by atoms with Gasteiger partial charge in [0.1, 0.15) is 29.2 Å². The first-order valence-electron chi connectivity index (χ1n) is 15.7. The summed E-state index contributed by atoms with van der Waals surface area (Å²) in [5.41, 5.74) is 7.99. The first-order chi connectivity index (χ1) is 23.2. The van der Waals surface area contributed by atoms with Crippen LogP contribution in [0.2, 0.25) is 0 Å². The van der Waals surface area contributed by atoms with Crippen molar-refractivity contribution < 1.29 is 34.2 Å². The minimum absolute atomic E-state index is 0.0199. The predicted octanol–water partition coefficient (Wildman–Crippen LogP) is 2.18. The zero-order valence-electron chi connectivity index (χ0n) is 27.0. The lowest BCUT2D eigenvalue weighted by atomic mass is 9.94. The van der Waals surface area contributed by atoms with E-state index in [2.05, 4.69) is 4.98 Å². The molecule has 0 spiro atoms. The molecule has 3 fully saturated rings. The van der Waals surface area contributed by atoms with Crippen LogP contribution in [0.1, 0.15) is 50.8 Å². The van der Waals surface area contributed by atoms with Gasteiger partial charge in [0.15, 0.2) is 0 Å². The number of hydrogen-bond acceptors (Lipinski definition) is 9. The van der Waals surface area contributed by atoms with Gasteiger partial charge < -0.3 is 30.7 Å². The largest absolute Gasteiger partial charge is 0.508 e. The van der Waals surface area contributed by atoms with E-state index in [-0.39, 0.29) is 29.7 Å². The van der Waals surface area contributed by atoms with E-state index in [1.807, 2.05) is 0 Å². The molecule has 5 N–H and O–H groups in total. The third-order valence-corrected chi connectivity index (χ3v) is 10.7. The summed E-state index contributed by atoms with van der Waals surface area (Å²) in [5.74, 6) is -2.81. The van der Waals surface area contributed by atoms with Crippen LogP contribution in [0.15, 0.2) is 65.5 Å². The number of aliphatic carboxylic acids is 1. The first-order valence-corrected chi connectivity index (χ1v) is 16.6. The maximum atomic E-state index is 14.0. The van der Waals surface area contributed by atoms with Crippen molar-refractivity contribution in [2.75, 3.05) is 11.6 Å². The summed E-state index contributed by atoms with van der Waals surface area (Å²) in [4.78, 5) is 83.2. The number of hydrazine groups is 1. The molecule has 2 aromatic carbocycles. The molecule has 3 aromatic rings. The number of thioether (sulfide) groups is 1. The minimum Gasteiger partial charge on any atom is -0.508 e. The van der Waals surface area contributed by atoms with E-state index in [0.29, 0.717) is 41.9 Å². The van der Waals surface area contributed by atoms with Crippen molar-refractivity contribution in [3.8, 4) is 17.0 Å². The number of phenols is 1.